The molecule has 2 aromatic rings. The van der Waals surface area contributed by atoms with Crippen molar-refractivity contribution in [3.8, 4) is 0 Å². The van der Waals surface area contributed by atoms with Crippen LogP contribution in [0.4, 0.5) is 5.82 Å². The molecule has 4 atom stereocenters. The number of nitrogens with one attached hydrogen (secondary N) is 1. The van der Waals surface area contributed by atoms with Gasteiger partial charge in [-0.2, -0.15) is 0 Å². The molecule has 0 radical (unpaired) electrons. The average molecular weight is 525 g/mol. The fourth-order valence-electron chi connectivity index (χ4n) is 7.10. The molecule has 1 saturated carbocycles. The van der Waals surface area contributed by atoms with Gasteiger partial charge in [0.1, 0.15) is 6.04 Å². The lowest BCUT2D eigenvalue weighted by atomic mass is 9.89. The summed E-state index contributed by atoms with van der Waals surface area (Å²) in [4.78, 5) is 33.9. The van der Waals surface area contributed by atoms with Crippen LogP contribution >= 0.6 is 0 Å². The zero-order chi connectivity index (χ0) is 26.5. The zero-order valence-electron chi connectivity index (χ0n) is 22.8. The van der Waals surface area contributed by atoms with E-state index in [9.17, 15) is 14.7 Å². The van der Waals surface area contributed by atoms with Crippen LogP contribution in [-0.2, 0) is 9.53 Å². The minimum Gasteiger partial charge on any atom is -0.464 e. The number of esters is 1. The van der Waals surface area contributed by atoms with Crippen molar-refractivity contribution >= 4 is 22.8 Å². The number of benzene rings is 1. The first-order valence-corrected chi connectivity index (χ1v) is 14.9. The number of unbranched alkanes of at least 4 members (excludes halogenated alkanes) is 1. The van der Waals surface area contributed by atoms with Gasteiger partial charge in [-0.25, -0.2) is 9.78 Å². The van der Waals surface area contributed by atoms with Crippen molar-refractivity contribution in [2.75, 3.05) is 18.5 Å². The van der Waals surface area contributed by atoms with E-state index in [2.05, 4.69) is 15.2 Å². The second kappa shape index (κ2) is 12.6. The maximum atomic E-state index is 13.9. The number of hydrogen-bond donors (Lipinski definition) is 2. The number of piperidine rings is 1. The summed E-state index contributed by atoms with van der Waals surface area (Å²) in [7, 11) is 0. The van der Waals surface area contributed by atoms with E-state index in [-0.39, 0.29) is 17.4 Å². The maximum absolute atomic E-state index is 13.9. The molecule has 1 aliphatic carbocycles. The average Bonchev–Trinajstić information content (AvgIpc) is 3.16. The first kappa shape index (κ1) is 27.1. The van der Waals surface area contributed by atoms with Gasteiger partial charge in [0.05, 0.1) is 24.2 Å². The molecule has 3 heterocycles. The Kier molecular flexibility index (Phi) is 9.00. The van der Waals surface area contributed by atoms with Gasteiger partial charge in [-0.05, 0) is 57.1 Å². The van der Waals surface area contributed by atoms with Crippen molar-refractivity contribution in [1.29, 1.82) is 0 Å². The van der Waals surface area contributed by atoms with Gasteiger partial charge in [0, 0.05) is 24.2 Å². The molecule has 5 rings (SSSR count). The fourth-order valence-corrected chi connectivity index (χ4v) is 7.10. The summed E-state index contributed by atoms with van der Waals surface area (Å²) in [5.41, 5.74) is 1.31. The van der Waals surface area contributed by atoms with E-state index in [1.165, 1.54) is 57.8 Å². The van der Waals surface area contributed by atoms with Crippen LogP contribution in [-0.4, -0.2) is 62.9 Å². The van der Waals surface area contributed by atoms with Crippen LogP contribution in [0.3, 0.4) is 0 Å². The highest BCUT2D eigenvalue weighted by Gasteiger charge is 2.44. The highest BCUT2D eigenvalue weighted by Crippen LogP contribution is 2.44. The highest BCUT2D eigenvalue weighted by atomic mass is 16.5. The van der Waals surface area contributed by atoms with Crippen LogP contribution in [0, 0.1) is 0 Å². The third kappa shape index (κ3) is 5.76. The van der Waals surface area contributed by atoms with E-state index in [4.69, 9.17) is 4.74 Å². The van der Waals surface area contributed by atoms with E-state index >= 15 is 0 Å². The number of aliphatic hydroxyl groups is 1. The van der Waals surface area contributed by atoms with Gasteiger partial charge < -0.3 is 19.7 Å². The normalized spacial score (nSPS) is 25.6. The van der Waals surface area contributed by atoms with Crippen molar-refractivity contribution in [3.05, 3.63) is 34.6 Å². The molecule has 0 spiro atoms. The Morgan fingerprint density at radius 2 is 1.71 bits per heavy atom. The largest absolute Gasteiger partial charge is 0.464 e. The molecule has 3 fully saturated rings. The first-order chi connectivity index (χ1) is 18.6. The van der Waals surface area contributed by atoms with E-state index in [0.29, 0.717) is 30.2 Å². The zero-order valence-corrected chi connectivity index (χ0v) is 22.8. The number of anilines is 1. The SMILES string of the molecule is CCCCOC(=O)[C@@H](CO)Nc1nc2ccccc2n(C2C[C@H]3CC[C@@H](C2)N3C2CCCCCCC2)c1=O. The lowest BCUT2D eigenvalue weighted by Gasteiger charge is -2.45. The van der Waals surface area contributed by atoms with Crippen molar-refractivity contribution in [2.45, 2.75) is 121 Å². The highest BCUT2D eigenvalue weighted by molar-refractivity contribution is 5.80. The second-order valence-corrected chi connectivity index (χ2v) is 11.5. The van der Waals surface area contributed by atoms with Crippen LogP contribution in [0.15, 0.2) is 29.1 Å². The number of para-hydroxylation sites is 2. The summed E-state index contributed by atoms with van der Waals surface area (Å²) in [5.74, 6) is -0.461. The minimum atomic E-state index is -1.03. The number of hydrogen-bond acceptors (Lipinski definition) is 7. The molecule has 1 unspecified atom stereocenters. The molecule has 1 aromatic carbocycles. The number of fused-ring (bicyclic) bond motifs is 3. The molecular formula is C30H44N4O4. The summed E-state index contributed by atoms with van der Waals surface area (Å²) in [6.07, 6.45) is 15.4. The molecule has 3 aliphatic rings. The molecule has 38 heavy (non-hydrogen) atoms. The summed E-state index contributed by atoms with van der Waals surface area (Å²) in [6, 6.07) is 8.50. The quantitative estimate of drug-likeness (QED) is 0.359. The number of aliphatic hydroxyl groups excluding tert-OH is 1. The van der Waals surface area contributed by atoms with E-state index in [1.807, 2.05) is 35.8 Å². The molecule has 8 heteroatoms. The molecule has 2 saturated heterocycles. The standard InChI is InChI=1S/C30H44N4O4/c1-2-3-17-38-30(37)26(20-35)32-28-29(36)34(27-14-10-9-13-25(27)31-28)24-18-22-15-16-23(19-24)33(22)21-11-7-5-4-6-8-12-21/h9-10,13-14,21-24,26,35H,2-8,11-12,15-20H2,1H3,(H,31,32)/t22-,23+,24?,26-/m1/s1. The molecule has 2 aliphatic heterocycles. The van der Waals surface area contributed by atoms with Gasteiger partial charge in [-0.1, -0.05) is 57.6 Å². The number of ether oxygens (including phenoxy) is 1. The van der Waals surface area contributed by atoms with Gasteiger partial charge in [0.15, 0.2) is 5.82 Å². The van der Waals surface area contributed by atoms with E-state index in [1.54, 1.807) is 0 Å². The molecular weight excluding hydrogens is 480 g/mol. The van der Waals surface area contributed by atoms with E-state index in [0.717, 1.165) is 31.2 Å². The van der Waals surface area contributed by atoms with Crippen LogP contribution in [0.25, 0.3) is 11.0 Å². The number of aromatic nitrogens is 2. The number of rotatable bonds is 9. The minimum absolute atomic E-state index is 0.0855. The predicted molar refractivity (Wildman–Crippen MR) is 149 cm³/mol. The van der Waals surface area contributed by atoms with Crippen molar-refractivity contribution in [3.63, 3.8) is 0 Å². The topological polar surface area (TPSA) is 96.7 Å². The fraction of sp³-hybridized carbons (Fsp3) is 0.700. The summed E-state index contributed by atoms with van der Waals surface area (Å²) in [6.45, 7) is 1.85. The van der Waals surface area contributed by atoms with Crippen LogP contribution < -0.4 is 10.9 Å². The summed E-state index contributed by atoms with van der Waals surface area (Å²) >= 11 is 0. The number of nitrogens with zero attached hydrogens (tertiary/aromatic N) is 3. The lowest BCUT2D eigenvalue weighted by molar-refractivity contribution is -0.145. The molecule has 208 valence electrons. The second-order valence-electron chi connectivity index (χ2n) is 11.5. The monoisotopic (exact) mass is 524 g/mol. The predicted octanol–water partition coefficient (Wildman–Crippen LogP) is 4.79. The van der Waals surface area contributed by atoms with Crippen LogP contribution in [0.2, 0.25) is 0 Å². The number of carbonyl (C=O) groups excluding carboxylic acids is 1. The number of carbonyl (C=O) groups is 1. The molecule has 1 aromatic heterocycles. The third-order valence-corrected chi connectivity index (χ3v) is 8.94. The van der Waals surface area contributed by atoms with Crippen LogP contribution in [0.5, 0.6) is 0 Å². The van der Waals surface area contributed by atoms with Crippen molar-refractivity contribution in [2.24, 2.45) is 0 Å². The Morgan fingerprint density at radius 1 is 1.03 bits per heavy atom. The van der Waals surface area contributed by atoms with Crippen molar-refractivity contribution in [1.82, 2.24) is 14.5 Å². The van der Waals surface area contributed by atoms with Gasteiger partial charge in [0.25, 0.3) is 5.56 Å². The Hall–Kier alpha value is -2.45. The van der Waals surface area contributed by atoms with Gasteiger partial charge >= 0.3 is 5.97 Å². The van der Waals surface area contributed by atoms with Crippen LogP contribution in [0.1, 0.15) is 96.4 Å². The lowest BCUT2D eigenvalue weighted by Crippen LogP contribution is -2.50. The molecule has 8 nitrogen and oxygen atoms in total. The van der Waals surface area contributed by atoms with Gasteiger partial charge in [-0.3, -0.25) is 9.69 Å². The van der Waals surface area contributed by atoms with Gasteiger partial charge in [-0.15, -0.1) is 0 Å². The Bertz CT molecular complexity index is 1130. The van der Waals surface area contributed by atoms with Crippen molar-refractivity contribution < 1.29 is 14.6 Å². The molecule has 0 amide bonds. The third-order valence-electron chi connectivity index (χ3n) is 8.94. The van der Waals surface area contributed by atoms with Gasteiger partial charge in [0.2, 0.25) is 0 Å². The first-order valence-electron chi connectivity index (χ1n) is 14.9. The smallest absolute Gasteiger partial charge is 0.331 e. The Labute approximate surface area is 225 Å². The van der Waals surface area contributed by atoms with E-state index < -0.39 is 18.6 Å². The molecule has 2 bridgehead atoms. The summed E-state index contributed by atoms with van der Waals surface area (Å²) < 4.78 is 7.22. The summed E-state index contributed by atoms with van der Waals surface area (Å²) in [5, 5.41) is 12.8. The maximum Gasteiger partial charge on any atom is 0.331 e. The Balaban J connectivity index is 1.40. The molecule has 2 N–H and O–H groups in total. The Morgan fingerprint density at radius 3 is 2.39 bits per heavy atom.